The highest BCUT2D eigenvalue weighted by Gasteiger charge is 2.21. The van der Waals surface area contributed by atoms with Crippen molar-refractivity contribution in [3.63, 3.8) is 0 Å². The summed E-state index contributed by atoms with van der Waals surface area (Å²) in [4.78, 5) is -0.156. The highest BCUT2D eigenvalue weighted by Crippen LogP contribution is 2.30. The molecule has 0 radical (unpaired) electrons. The minimum atomic E-state index is -3.90. The normalized spacial score (nSPS) is 12.3. The Morgan fingerprint density at radius 2 is 1.86 bits per heavy atom. The van der Waals surface area contributed by atoms with Crippen molar-refractivity contribution in [3.8, 4) is 0 Å². The second kappa shape index (κ2) is 5.69. The molecule has 0 amide bonds. The van der Waals surface area contributed by atoms with E-state index in [9.17, 15) is 16.8 Å². The number of sulfonamides is 2. The number of benzene rings is 1. The molecule has 0 aliphatic heterocycles. The van der Waals surface area contributed by atoms with Crippen molar-refractivity contribution < 1.29 is 16.8 Å². The molecule has 0 atom stereocenters. The molecule has 3 N–H and O–H groups in total. The molecule has 2 rings (SSSR count). The maximum atomic E-state index is 12.3. The smallest absolute Gasteiger partial charge is 0.272 e. The lowest BCUT2D eigenvalue weighted by molar-refractivity contribution is 0.596. The van der Waals surface area contributed by atoms with Gasteiger partial charge >= 0.3 is 0 Å². The van der Waals surface area contributed by atoms with Gasteiger partial charge in [0.15, 0.2) is 4.21 Å². The SMILES string of the molecule is Cc1ccc(S(N)(=O)=O)cc1NS(=O)(=O)c1sccc1Br. The quantitative estimate of drug-likeness (QED) is 0.805. The van der Waals surface area contributed by atoms with Crippen molar-refractivity contribution in [2.24, 2.45) is 5.14 Å². The monoisotopic (exact) mass is 410 g/mol. The summed E-state index contributed by atoms with van der Waals surface area (Å²) in [5.74, 6) is 0. The van der Waals surface area contributed by atoms with E-state index in [4.69, 9.17) is 5.14 Å². The summed E-state index contributed by atoms with van der Waals surface area (Å²) in [6, 6.07) is 5.63. The number of aryl methyl sites for hydroxylation is 1. The maximum Gasteiger partial charge on any atom is 0.272 e. The highest BCUT2D eigenvalue weighted by atomic mass is 79.9. The molecule has 0 aliphatic carbocycles. The first-order valence-corrected chi connectivity index (χ1v) is 10.2. The number of thiophene rings is 1. The van der Waals surface area contributed by atoms with Crippen LogP contribution >= 0.6 is 27.3 Å². The number of anilines is 1. The fourth-order valence-electron chi connectivity index (χ4n) is 1.55. The number of halogens is 1. The van der Waals surface area contributed by atoms with Crippen molar-refractivity contribution in [2.45, 2.75) is 16.0 Å². The summed E-state index contributed by atoms with van der Waals surface area (Å²) < 4.78 is 50.2. The van der Waals surface area contributed by atoms with Crippen molar-refractivity contribution in [1.82, 2.24) is 0 Å². The Kier molecular flexibility index (Phi) is 4.45. The summed E-state index contributed by atoms with van der Waals surface area (Å²) in [5, 5.41) is 6.68. The third-order valence-corrected chi connectivity index (χ3v) is 7.56. The van der Waals surface area contributed by atoms with Gasteiger partial charge in [-0.1, -0.05) is 6.07 Å². The van der Waals surface area contributed by atoms with E-state index in [1.54, 1.807) is 18.4 Å². The van der Waals surface area contributed by atoms with Gasteiger partial charge in [-0.3, -0.25) is 4.72 Å². The van der Waals surface area contributed by atoms with Gasteiger partial charge in [0.2, 0.25) is 10.0 Å². The third kappa shape index (κ3) is 3.64. The Labute approximate surface area is 135 Å². The van der Waals surface area contributed by atoms with Crippen LogP contribution in [0.15, 0.2) is 43.2 Å². The van der Waals surface area contributed by atoms with Crippen LogP contribution in [0.25, 0.3) is 0 Å². The minimum absolute atomic E-state index is 0.114. The molecular weight excluding hydrogens is 400 g/mol. The van der Waals surface area contributed by atoms with Crippen LogP contribution in [0.2, 0.25) is 0 Å². The Morgan fingerprint density at radius 1 is 1.19 bits per heavy atom. The van der Waals surface area contributed by atoms with Gasteiger partial charge in [0.05, 0.1) is 10.6 Å². The average Bonchev–Trinajstić information content (AvgIpc) is 2.77. The topological polar surface area (TPSA) is 106 Å². The van der Waals surface area contributed by atoms with Crippen LogP contribution < -0.4 is 9.86 Å². The van der Waals surface area contributed by atoms with Gasteiger partial charge in [-0.15, -0.1) is 11.3 Å². The standard InChI is InChI=1S/C11H11BrN2O4S3/c1-7-2-3-8(20(13,15)16)6-10(7)14-21(17,18)11-9(12)4-5-19-11/h2-6,14H,1H3,(H2,13,15,16). The van der Waals surface area contributed by atoms with E-state index in [1.807, 2.05) is 0 Å². The lowest BCUT2D eigenvalue weighted by Crippen LogP contribution is -2.15. The van der Waals surface area contributed by atoms with Crippen molar-refractivity contribution in [1.29, 1.82) is 0 Å². The van der Waals surface area contributed by atoms with E-state index in [2.05, 4.69) is 20.7 Å². The molecule has 1 heterocycles. The number of primary sulfonamides is 1. The minimum Gasteiger partial charge on any atom is -0.279 e. The molecule has 1 aromatic heterocycles. The lowest BCUT2D eigenvalue weighted by atomic mass is 10.2. The molecule has 0 unspecified atom stereocenters. The number of hydrogen-bond donors (Lipinski definition) is 2. The number of nitrogens with two attached hydrogens (primary N) is 1. The fourth-order valence-corrected chi connectivity index (χ4v) is 5.55. The van der Waals surface area contributed by atoms with E-state index < -0.39 is 20.0 Å². The molecule has 10 heteroatoms. The third-order valence-electron chi connectivity index (χ3n) is 2.61. The summed E-state index contributed by atoms with van der Waals surface area (Å²) in [7, 11) is -7.70. The Balaban J connectivity index is 2.47. The predicted octanol–water partition coefficient (Wildman–Crippen LogP) is 2.27. The molecule has 0 fully saturated rings. The largest absolute Gasteiger partial charge is 0.279 e. The Hall–Kier alpha value is -0.940. The van der Waals surface area contributed by atoms with Crippen LogP contribution in [0.4, 0.5) is 5.69 Å². The predicted molar refractivity (Wildman–Crippen MR) is 85.4 cm³/mol. The van der Waals surface area contributed by atoms with Crippen molar-refractivity contribution >= 4 is 53.0 Å². The summed E-state index contributed by atoms with van der Waals surface area (Å²) in [6.45, 7) is 1.66. The summed E-state index contributed by atoms with van der Waals surface area (Å²) in [5.41, 5.74) is 0.750. The van der Waals surface area contributed by atoms with E-state index in [1.165, 1.54) is 18.2 Å². The maximum absolute atomic E-state index is 12.3. The second-order valence-electron chi connectivity index (χ2n) is 4.18. The van der Waals surface area contributed by atoms with Gasteiger partial charge < -0.3 is 0 Å². The zero-order valence-electron chi connectivity index (χ0n) is 10.7. The van der Waals surface area contributed by atoms with Crippen LogP contribution in [-0.2, 0) is 20.0 Å². The van der Waals surface area contributed by atoms with Crippen LogP contribution in [0.5, 0.6) is 0 Å². The number of nitrogens with one attached hydrogen (secondary N) is 1. The molecule has 2 aromatic rings. The van der Waals surface area contributed by atoms with Crippen molar-refractivity contribution in [2.75, 3.05) is 4.72 Å². The van der Waals surface area contributed by atoms with Gasteiger partial charge in [0.25, 0.3) is 10.0 Å². The van der Waals surface area contributed by atoms with Gasteiger partial charge in [0, 0.05) is 4.47 Å². The molecular formula is C11H11BrN2O4S3. The van der Waals surface area contributed by atoms with Crippen LogP contribution in [0.3, 0.4) is 0 Å². The Morgan fingerprint density at radius 3 is 2.38 bits per heavy atom. The van der Waals surface area contributed by atoms with E-state index >= 15 is 0 Å². The van der Waals surface area contributed by atoms with Gasteiger partial charge in [-0.05, 0) is 52.0 Å². The molecule has 0 spiro atoms. The molecule has 0 saturated heterocycles. The first-order chi connectivity index (χ1) is 9.61. The zero-order valence-corrected chi connectivity index (χ0v) is 14.7. The highest BCUT2D eigenvalue weighted by molar-refractivity contribution is 9.10. The van der Waals surface area contributed by atoms with E-state index in [0.717, 1.165) is 11.3 Å². The van der Waals surface area contributed by atoms with Gasteiger partial charge in [-0.2, -0.15) is 0 Å². The lowest BCUT2D eigenvalue weighted by Gasteiger charge is -2.11. The first-order valence-electron chi connectivity index (χ1n) is 5.50. The van der Waals surface area contributed by atoms with Crippen molar-refractivity contribution in [3.05, 3.63) is 39.7 Å². The molecule has 6 nitrogen and oxygen atoms in total. The average molecular weight is 411 g/mol. The second-order valence-corrected chi connectivity index (χ2v) is 9.39. The van der Waals surface area contributed by atoms with Gasteiger partial charge in [-0.25, -0.2) is 22.0 Å². The van der Waals surface area contributed by atoms with Gasteiger partial charge in [0.1, 0.15) is 0 Å². The fraction of sp³-hybridized carbons (Fsp3) is 0.0909. The summed E-state index contributed by atoms with van der Waals surface area (Å²) in [6.07, 6.45) is 0. The molecule has 0 saturated carbocycles. The van der Waals surface area contributed by atoms with E-state index in [-0.39, 0.29) is 14.8 Å². The zero-order chi connectivity index (χ0) is 15.8. The van der Waals surface area contributed by atoms with Crippen LogP contribution in [-0.4, -0.2) is 16.8 Å². The van der Waals surface area contributed by atoms with Crippen LogP contribution in [0, 0.1) is 6.92 Å². The molecule has 0 bridgehead atoms. The number of rotatable bonds is 4. The molecule has 21 heavy (non-hydrogen) atoms. The molecule has 1 aromatic carbocycles. The molecule has 0 aliphatic rings. The Bertz CT molecular complexity index is 888. The van der Waals surface area contributed by atoms with E-state index in [0.29, 0.717) is 10.0 Å². The number of hydrogen-bond acceptors (Lipinski definition) is 5. The first kappa shape index (κ1) is 16.4. The summed E-state index contributed by atoms with van der Waals surface area (Å²) >= 11 is 4.21. The molecule has 114 valence electrons. The van der Waals surface area contributed by atoms with Crippen LogP contribution in [0.1, 0.15) is 5.56 Å².